The molecule has 2 aromatic rings. The molecule has 1 N–H and O–H groups in total. The Morgan fingerprint density at radius 1 is 1.48 bits per heavy atom. The van der Waals surface area contributed by atoms with Crippen molar-refractivity contribution in [2.45, 2.75) is 25.9 Å². The van der Waals surface area contributed by atoms with Crippen molar-refractivity contribution in [3.63, 3.8) is 0 Å². The molecule has 1 aromatic heterocycles. The van der Waals surface area contributed by atoms with Crippen LogP contribution in [-0.2, 0) is 16.1 Å². The highest BCUT2D eigenvalue weighted by molar-refractivity contribution is 6.00. The Kier molecular flexibility index (Phi) is 5.02. The molecule has 7 nitrogen and oxygen atoms in total. The highest BCUT2D eigenvalue weighted by Gasteiger charge is 2.35. The van der Waals surface area contributed by atoms with Gasteiger partial charge in [-0.25, -0.2) is 4.98 Å². The lowest BCUT2D eigenvalue weighted by Crippen LogP contribution is -2.40. The van der Waals surface area contributed by atoms with Crippen LogP contribution in [0.25, 0.3) is 0 Å². The van der Waals surface area contributed by atoms with E-state index in [1.165, 1.54) is 0 Å². The fraction of sp³-hybridized carbons (Fsp3) is 0.389. The zero-order valence-corrected chi connectivity index (χ0v) is 14.4. The number of amides is 2. The highest BCUT2D eigenvalue weighted by atomic mass is 16.5. The maximum atomic E-state index is 12.5. The van der Waals surface area contributed by atoms with E-state index in [-0.39, 0.29) is 30.2 Å². The van der Waals surface area contributed by atoms with Gasteiger partial charge in [0.15, 0.2) is 0 Å². The van der Waals surface area contributed by atoms with Crippen LogP contribution in [-0.4, -0.2) is 41.1 Å². The first kappa shape index (κ1) is 17.0. The average molecular weight is 342 g/mol. The largest absolute Gasteiger partial charge is 0.497 e. The van der Waals surface area contributed by atoms with Crippen molar-refractivity contribution in [3.8, 4) is 5.75 Å². The minimum atomic E-state index is -0.344. The molecule has 7 heteroatoms. The molecule has 2 amide bonds. The monoisotopic (exact) mass is 342 g/mol. The molecule has 2 heterocycles. The predicted molar refractivity (Wildman–Crippen MR) is 93.3 cm³/mol. The molecule has 0 spiro atoms. The van der Waals surface area contributed by atoms with Gasteiger partial charge in [-0.15, -0.1) is 0 Å². The van der Waals surface area contributed by atoms with Gasteiger partial charge in [0.05, 0.1) is 19.4 Å². The molecule has 0 unspecified atom stereocenters. The van der Waals surface area contributed by atoms with Crippen molar-refractivity contribution in [2.24, 2.45) is 5.92 Å². The number of carbonyl (C=O) groups is 2. The minimum absolute atomic E-state index is 0.0392. The van der Waals surface area contributed by atoms with E-state index in [1.54, 1.807) is 30.6 Å². The number of ether oxygens (including phenoxy) is 1. The normalized spacial score (nSPS) is 18.2. The minimum Gasteiger partial charge on any atom is -0.497 e. The second-order valence-electron chi connectivity index (χ2n) is 6.28. The van der Waals surface area contributed by atoms with Crippen molar-refractivity contribution < 1.29 is 14.3 Å². The lowest BCUT2D eigenvalue weighted by atomic mass is 10.1. The zero-order chi connectivity index (χ0) is 17.8. The number of aromatic nitrogens is 2. The van der Waals surface area contributed by atoms with Gasteiger partial charge in [-0.05, 0) is 19.1 Å². The smallest absolute Gasteiger partial charge is 0.227 e. The Morgan fingerprint density at radius 3 is 3.04 bits per heavy atom. The average Bonchev–Trinajstić information content (AvgIpc) is 3.24. The molecular formula is C18H22N4O3. The summed E-state index contributed by atoms with van der Waals surface area (Å²) in [5.74, 6) is 0.207. The number of hydrogen-bond acceptors (Lipinski definition) is 4. The van der Waals surface area contributed by atoms with E-state index >= 15 is 0 Å². The summed E-state index contributed by atoms with van der Waals surface area (Å²) in [6, 6.07) is 7.28. The Bertz CT molecular complexity index is 745. The summed E-state index contributed by atoms with van der Waals surface area (Å²) in [6.45, 7) is 2.97. The molecule has 0 saturated carbocycles. The molecule has 1 aliphatic heterocycles. The number of nitrogens with one attached hydrogen (secondary N) is 1. The van der Waals surface area contributed by atoms with Crippen LogP contribution in [0.1, 0.15) is 13.3 Å². The predicted octanol–water partition coefficient (Wildman–Crippen LogP) is 1.45. The van der Waals surface area contributed by atoms with Gasteiger partial charge in [-0.2, -0.15) is 0 Å². The third-order valence-electron chi connectivity index (χ3n) is 4.29. The van der Waals surface area contributed by atoms with Gasteiger partial charge in [0.2, 0.25) is 11.8 Å². The van der Waals surface area contributed by atoms with Crippen molar-refractivity contribution in [1.82, 2.24) is 14.9 Å². The second-order valence-corrected chi connectivity index (χ2v) is 6.28. The first-order chi connectivity index (χ1) is 12.1. The van der Waals surface area contributed by atoms with E-state index in [0.717, 1.165) is 5.69 Å². The van der Waals surface area contributed by atoms with Gasteiger partial charge in [-0.1, -0.05) is 6.07 Å². The summed E-state index contributed by atoms with van der Waals surface area (Å²) in [6.07, 6.45) is 5.50. The Hall–Kier alpha value is -2.83. The van der Waals surface area contributed by atoms with Crippen LogP contribution >= 0.6 is 0 Å². The molecule has 1 saturated heterocycles. The summed E-state index contributed by atoms with van der Waals surface area (Å²) in [4.78, 5) is 30.4. The van der Waals surface area contributed by atoms with Crippen molar-refractivity contribution >= 4 is 17.5 Å². The highest BCUT2D eigenvalue weighted by Crippen LogP contribution is 2.28. The SMILES string of the molecule is COc1cccc(N2C[C@@H](C(=O)N[C@H](C)Cn3ccnc3)CC2=O)c1. The van der Waals surface area contributed by atoms with Crippen LogP contribution in [0.5, 0.6) is 5.75 Å². The van der Waals surface area contributed by atoms with Crippen LogP contribution < -0.4 is 15.0 Å². The fourth-order valence-electron chi connectivity index (χ4n) is 3.03. The standard InChI is InChI=1S/C18H22N4O3/c1-13(10-21-7-6-19-12-21)20-18(24)14-8-17(23)22(11-14)15-4-3-5-16(9-15)25-2/h3-7,9,12-14H,8,10-11H2,1-2H3,(H,20,24)/t13-,14+/m1/s1. The summed E-state index contributed by atoms with van der Waals surface area (Å²) in [7, 11) is 1.59. The molecule has 1 aliphatic rings. The molecule has 0 aliphatic carbocycles. The molecule has 1 aromatic carbocycles. The Balaban J connectivity index is 1.60. The van der Waals surface area contributed by atoms with Crippen LogP contribution in [0.3, 0.4) is 0 Å². The second kappa shape index (κ2) is 7.38. The topological polar surface area (TPSA) is 76.5 Å². The van der Waals surface area contributed by atoms with Crippen LogP contribution in [0.2, 0.25) is 0 Å². The van der Waals surface area contributed by atoms with Crippen LogP contribution in [0, 0.1) is 5.92 Å². The molecular weight excluding hydrogens is 320 g/mol. The molecule has 25 heavy (non-hydrogen) atoms. The summed E-state index contributed by atoms with van der Waals surface area (Å²) in [5, 5.41) is 2.98. The lowest BCUT2D eigenvalue weighted by molar-refractivity contribution is -0.126. The molecule has 3 rings (SSSR count). The maximum absolute atomic E-state index is 12.5. The summed E-state index contributed by atoms with van der Waals surface area (Å²) in [5.41, 5.74) is 0.756. The van der Waals surface area contributed by atoms with Crippen molar-refractivity contribution in [2.75, 3.05) is 18.6 Å². The third kappa shape index (κ3) is 3.99. The fourth-order valence-corrected chi connectivity index (χ4v) is 3.03. The molecule has 132 valence electrons. The first-order valence-electron chi connectivity index (χ1n) is 8.27. The quantitative estimate of drug-likeness (QED) is 0.862. The van der Waals surface area contributed by atoms with Gasteiger partial charge in [0.25, 0.3) is 0 Å². The van der Waals surface area contributed by atoms with E-state index in [4.69, 9.17) is 4.74 Å². The number of hydrogen-bond donors (Lipinski definition) is 1. The van der Waals surface area contributed by atoms with Gasteiger partial charge in [-0.3, -0.25) is 9.59 Å². The van der Waals surface area contributed by atoms with Gasteiger partial charge in [0, 0.05) is 49.7 Å². The third-order valence-corrected chi connectivity index (χ3v) is 4.29. The zero-order valence-electron chi connectivity index (χ0n) is 14.4. The number of anilines is 1. The number of rotatable bonds is 6. The summed E-state index contributed by atoms with van der Waals surface area (Å²) < 4.78 is 7.11. The van der Waals surface area contributed by atoms with E-state index in [0.29, 0.717) is 18.8 Å². The van der Waals surface area contributed by atoms with E-state index in [1.807, 2.05) is 35.9 Å². The number of methoxy groups -OCH3 is 1. The lowest BCUT2D eigenvalue weighted by Gasteiger charge is -2.19. The van der Waals surface area contributed by atoms with Gasteiger partial charge >= 0.3 is 0 Å². The van der Waals surface area contributed by atoms with E-state index in [9.17, 15) is 9.59 Å². The van der Waals surface area contributed by atoms with E-state index in [2.05, 4.69) is 10.3 Å². The Morgan fingerprint density at radius 2 is 2.32 bits per heavy atom. The van der Waals surface area contributed by atoms with Crippen LogP contribution in [0.15, 0.2) is 43.0 Å². The maximum Gasteiger partial charge on any atom is 0.227 e. The molecule has 0 radical (unpaired) electrons. The summed E-state index contributed by atoms with van der Waals surface area (Å²) >= 11 is 0. The van der Waals surface area contributed by atoms with Crippen LogP contribution in [0.4, 0.5) is 5.69 Å². The van der Waals surface area contributed by atoms with E-state index < -0.39 is 0 Å². The number of nitrogens with zero attached hydrogens (tertiary/aromatic N) is 3. The van der Waals surface area contributed by atoms with Crippen molar-refractivity contribution in [1.29, 1.82) is 0 Å². The number of carbonyl (C=O) groups excluding carboxylic acids is 2. The molecule has 2 atom stereocenters. The first-order valence-corrected chi connectivity index (χ1v) is 8.27. The van der Waals surface area contributed by atoms with Crippen molar-refractivity contribution in [3.05, 3.63) is 43.0 Å². The Labute approximate surface area is 146 Å². The molecule has 1 fully saturated rings. The van der Waals surface area contributed by atoms with Gasteiger partial charge < -0.3 is 19.5 Å². The number of imidazole rings is 1. The van der Waals surface area contributed by atoms with Gasteiger partial charge in [0.1, 0.15) is 5.75 Å². The number of benzene rings is 1. The molecule has 0 bridgehead atoms.